The SMILES string of the molecule is Cc1ccc(NS(=O)(=O)c2cc(CO)n(C)c2)c(Cl)c1. The van der Waals surface area contributed by atoms with Crippen molar-refractivity contribution in [3.8, 4) is 0 Å². The number of halogens is 1. The molecule has 2 rings (SSSR count). The predicted octanol–water partition coefficient (Wildman–Crippen LogP) is 2.28. The lowest BCUT2D eigenvalue weighted by Gasteiger charge is -2.08. The number of hydrogen-bond donors (Lipinski definition) is 2. The molecular formula is C13H15ClN2O3S. The van der Waals surface area contributed by atoms with Crippen molar-refractivity contribution in [3.05, 3.63) is 46.7 Å². The molecule has 1 aromatic heterocycles. The van der Waals surface area contributed by atoms with Crippen molar-refractivity contribution >= 4 is 27.3 Å². The smallest absolute Gasteiger partial charge is 0.263 e. The minimum atomic E-state index is -3.73. The van der Waals surface area contributed by atoms with Gasteiger partial charge in [-0.15, -0.1) is 0 Å². The largest absolute Gasteiger partial charge is 0.390 e. The summed E-state index contributed by atoms with van der Waals surface area (Å²) in [4.78, 5) is 0.0840. The van der Waals surface area contributed by atoms with Gasteiger partial charge >= 0.3 is 0 Å². The second-order valence-electron chi connectivity index (χ2n) is 4.52. The number of aryl methyl sites for hydroxylation is 2. The van der Waals surface area contributed by atoms with Crippen LogP contribution in [0.4, 0.5) is 5.69 Å². The van der Waals surface area contributed by atoms with E-state index in [2.05, 4.69) is 4.72 Å². The van der Waals surface area contributed by atoms with Crippen LogP contribution in [0.5, 0.6) is 0 Å². The zero-order valence-corrected chi connectivity index (χ0v) is 12.7. The zero-order valence-electron chi connectivity index (χ0n) is 11.1. The first-order valence-electron chi connectivity index (χ1n) is 5.88. The van der Waals surface area contributed by atoms with Crippen molar-refractivity contribution in [1.82, 2.24) is 4.57 Å². The van der Waals surface area contributed by atoms with Gasteiger partial charge in [0, 0.05) is 18.9 Å². The van der Waals surface area contributed by atoms with Crippen LogP contribution in [0.3, 0.4) is 0 Å². The molecule has 20 heavy (non-hydrogen) atoms. The van der Waals surface area contributed by atoms with Crippen molar-refractivity contribution in [1.29, 1.82) is 0 Å². The molecule has 0 aliphatic heterocycles. The molecule has 5 nitrogen and oxygen atoms in total. The summed E-state index contributed by atoms with van der Waals surface area (Å²) < 4.78 is 28.5. The monoisotopic (exact) mass is 314 g/mol. The van der Waals surface area contributed by atoms with Crippen LogP contribution in [-0.2, 0) is 23.7 Å². The first-order valence-corrected chi connectivity index (χ1v) is 7.74. The average molecular weight is 315 g/mol. The molecule has 2 aromatic rings. The van der Waals surface area contributed by atoms with Crippen LogP contribution in [0.1, 0.15) is 11.3 Å². The number of aliphatic hydroxyl groups excluding tert-OH is 1. The van der Waals surface area contributed by atoms with E-state index >= 15 is 0 Å². The number of anilines is 1. The van der Waals surface area contributed by atoms with Gasteiger partial charge < -0.3 is 9.67 Å². The van der Waals surface area contributed by atoms with Gasteiger partial charge in [0.25, 0.3) is 10.0 Å². The van der Waals surface area contributed by atoms with E-state index in [1.165, 1.54) is 12.3 Å². The number of nitrogens with zero attached hydrogens (tertiary/aromatic N) is 1. The Labute approximate surface area is 122 Å². The highest BCUT2D eigenvalue weighted by Gasteiger charge is 2.18. The highest BCUT2D eigenvalue weighted by atomic mass is 35.5. The number of sulfonamides is 1. The molecule has 0 spiro atoms. The molecule has 0 aliphatic rings. The summed E-state index contributed by atoms with van der Waals surface area (Å²) in [5.41, 5.74) is 1.78. The highest BCUT2D eigenvalue weighted by Crippen LogP contribution is 2.26. The van der Waals surface area contributed by atoms with Crippen LogP contribution in [0.25, 0.3) is 0 Å². The molecule has 7 heteroatoms. The predicted molar refractivity (Wildman–Crippen MR) is 78.3 cm³/mol. The fourth-order valence-electron chi connectivity index (χ4n) is 1.79. The van der Waals surface area contributed by atoms with Crippen LogP contribution in [0, 0.1) is 6.92 Å². The van der Waals surface area contributed by atoms with E-state index in [-0.39, 0.29) is 11.5 Å². The zero-order chi connectivity index (χ0) is 14.9. The Morgan fingerprint density at radius 3 is 2.60 bits per heavy atom. The molecule has 0 unspecified atom stereocenters. The van der Waals surface area contributed by atoms with E-state index in [1.807, 2.05) is 6.92 Å². The summed E-state index contributed by atoms with van der Waals surface area (Å²) in [6.07, 6.45) is 1.44. The summed E-state index contributed by atoms with van der Waals surface area (Å²) in [5, 5.41) is 9.44. The Morgan fingerprint density at radius 2 is 2.05 bits per heavy atom. The molecule has 1 heterocycles. The van der Waals surface area contributed by atoms with Gasteiger partial charge in [-0.1, -0.05) is 17.7 Å². The Morgan fingerprint density at radius 1 is 1.35 bits per heavy atom. The maximum Gasteiger partial charge on any atom is 0.263 e. The second-order valence-corrected chi connectivity index (χ2v) is 6.61. The van der Waals surface area contributed by atoms with E-state index in [4.69, 9.17) is 16.7 Å². The van der Waals surface area contributed by atoms with Gasteiger partial charge in [-0.3, -0.25) is 4.72 Å². The number of aromatic nitrogens is 1. The molecule has 0 amide bonds. The number of nitrogens with one attached hydrogen (secondary N) is 1. The number of rotatable bonds is 4. The molecule has 0 atom stereocenters. The standard InChI is InChI=1S/C13H15ClN2O3S/c1-9-3-4-13(12(14)5-9)15-20(18,19)11-6-10(8-17)16(2)7-11/h3-7,15,17H,8H2,1-2H3. The van der Waals surface area contributed by atoms with E-state index in [0.717, 1.165) is 5.56 Å². The Kier molecular flexibility index (Phi) is 4.08. The fraction of sp³-hybridized carbons (Fsp3) is 0.231. The van der Waals surface area contributed by atoms with Crippen molar-refractivity contribution < 1.29 is 13.5 Å². The number of benzene rings is 1. The van der Waals surface area contributed by atoms with Crippen molar-refractivity contribution in [3.63, 3.8) is 0 Å². The summed E-state index contributed by atoms with van der Waals surface area (Å²) in [6.45, 7) is 1.65. The van der Waals surface area contributed by atoms with E-state index < -0.39 is 10.0 Å². The summed E-state index contributed by atoms with van der Waals surface area (Å²) >= 11 is 6.01. The molecule has 1 aromatic carbocycles. The third-order valence-corrected chi connectivity index (χ3v) is 4.57. The third-order valence-electron chi connectivity index (χ3n) is 2.92. The minimum absolute atomic E-state index is 0.0840. The topological polar surface area (TPSA) is 71.3 Å². The van der Waals surface area contributed by atoms with Gasteiger partial charge in [-0.2, -0.15) is 0 Å². The summed E-state index contributed by atoms with van der Waals surface area (Å²) in [5.74, 6) is 0. The fourth-order valence-corrected chi connectivity index (χ4v) is 3.30. The Bertz CT molecular complexity index is 738. The lowest BCUT2D eigenvalue weighted by atomic mass is 10.2. The molecule has 2 N–H and O–H groups in total. The van der Waals surface area contributed by atoms with Crippen LogP contribution < -0.4 is 4.72 Å². The van der Waals surface area contributed by atoms with Crippen LogP contribution in [0.2, 0.25) is 5.02 Å². The summed E-state index contributed by atoms with van der Waals surface area (Å²) in [6, 6.07) is 6.49. The molecule has 108 valence electrons. The highest BCUT2D eigenvalue weighted by molar-refractivity contribution is 7.92. The normalized spacial score (nSPS) is 11.6. The lowest BCUT2D eigenvalue weighted by Crippen LogP contribution is -2.12. The summed E-state index contributed by atoms with van der Waals surface area (Å²) in [7, 11) is -2.06. The van der Waals surface area contributed by atoms with Gasteiger partial charge in [-0.05, 0) is 30.7 Å². The maximum atomic E-state index is 12.3. The van der Waals surface area contributed by atoms with E-state index in [9.17, 15) is 8.42 Å². The quantitative estimate of drug-likeness (QED) is 0.909. The lowest BCUT2D eigenvalue weighted by molar-refractivity contribution is 0.272. The Balaban J connectivity index is 2.35. The van der Waals surface area contributed by atoms with Gasteiger partial charge in [0.2, 0.25) is 0 Å². The van der Waals surface area contributed by atoms with Crippen molar-refractivity contribution in [2.75, 3.05) is 4.72 Å². The third kappa shape index (κ3) is 2.98. The van der Waals surface area contributed by atoms with Gasteiger partial charge in [0.15, 0.2) is 0 Å². The minimum Gasteiger partial charge on any atom is -0.390 e. The molecule has 0 radical (unpaired) electrons. The molecule has 0 saturated heterocycles. The molecular weight excluding hydrogens is 300 g/mol. The van der Waals surface area contributed by atoms with Crippen LogP contribution in [0.15, 0.2) is 35.4 Å². The molecule has 0 fully saturated rings. The maximum absolute atomic E-state index is 12.3. The van der Waals surface area contributed by atoms with E-state index in [1.54, 1.807) is 29.8 Å². The first kappa shape index (κ1) is 14.9. The molecule has 0 aliphatic carbocycles. The molecule has 0 bridgehead atoms. The van der Waals surface area contributed by atoms with Crippen molar-refractivity contribution in [2.45, 2.75) is 18.4 Å². The second kappa shape index (κ2) is 5.47. The molecule has 0 saturated carbocycles. The number of hydrogen-bond acceptors (Lipinski definition) is 3. The van der Waals surface area contributed by atoms with Crippen molar-refractivity contribution in [2.24, 2.45) is 7.05 Å². The van der Waals surface area contributed by atoms with Gasteiger partial charge in [-0.25, -0.2) is 8.42 Å². The Hall–Kier alpha value is -1.50. The van der Waals surface area contributed by atoms with Gasteiger partial charge in [0.05, 0.1) is 17.3 Å². The van der Waals surface area contributed by atoms with Crippen LogP contribution in [-0.4, -0.2) is 18.1 Å². The van der Waals surface area contributed by atoms with E-state index in [0.29, 0.717) is 16.4 Å². The van der Waals surface area contributed by atoms with Gasteiger partial charge in [0.1, 0.15) is 4.90 Å². The van der Waals surface area contributed by atoms with Crippen LogP contribution >= 0.6 is 11.6 Å². The average Bonchev–Trinajstić information content (AvgIpc) is 2.75. The first-order chi connectivity index (χ1) is 9.33. The number of aliphatic hydroxyl groups is 1.